The van der Waals surface area contributed by atoms with Gasteiger partial charge in [-0.15, -0.1) is 0 Å². The lowest BCUT2D eigenvalue weighted by atomic mass is 10.1. The molecule has 0 spiro atoms. The van der Waals surface area contributed by atoms with Crippen LogP contribution in [0, 0.1) is 6.92 Å². The summed E-state index contributed by atoms with van der Waals surface area (Å²) < 4.78 is 45.0. The lowest BCUT2D eigenvalue weighted by Crippen LogP contribution is -2.13. The molecule has 0 aliphatic carbocycles. The van der Waals surface area contributed by atoms with Gasteiger partial charge in [-0.05, 0) is 48.9 Å². The number of amides is 1. The summed E-state index contributed by atoms with van der Waals surface area (Å²) in [6, 6.07) is 12.2. The van der Waals surface area contributed by atoms with Crippen molar-refractivity contribution in [3.63, 3.8) is 0 Å². The Kier molecular flexibility index (Phi) is 5.20. The zero-order chi connectivity index (χ0) is 23.9. The van der Waals surface area contributed by atoms with Gasteiger partial charge in [0, 0.05) is 34.9 Å². The number of H-pyrrole nitrogens is 1. The number of aromatic amines is 1. The standard InChI is InChI=1S/C24H18F3N5O2/c1-14-8-19(34-31-14)10-23(33)30-22-12-28-21-7-2-15(9-20(21)22)16-11-29-32(13-16)18-5-3-17(4-6-18)24(25,26)27/h2-9,11-13,28H,10H2,1H3,(H,30,33). The van der Waals surface area contributed by atoms with Gasteiger partial charge in [0.05, 0.1) is 35.2 Å². The van der Waals surface area contributed by atoms with E-state index in [-0.39, 0.29) is 12.3 Å². The zero-order valence-corrected chi connectivity index (χ0v) is 17.8. The van der Waals surface area contributed by atoms with Crippen LogP contribution in [-0.4, -0.2) is 25.8 Å². The van der Waals surface area contributed by atoms with Crippen LogP contribution in [0.4, 0.5) is 18.9 Å². The van der Waals surface area contributed by atoms with E-state index in [1.807, 2.05) is 18.2 Å². The number of fused-ring (bicyclic) bond motifs is 1. The molecule has 0 aliphatic heterocycles. The number of benzene rings is 2. The van der Waals surface area contributed by atoms with E-state index in [0.717, 1.165) is 34.2 Å². The van der Waals surface area contributed by atoms with Gasteiger partial charge in [0.15, 0.2) is 0 Å². The second-order valence-electron chi connectivity index (χ2n) is 7.84. The first-order chi connectivity index (χ1) is 16.3. The number of halogens is 3. The Labute approximate surface area is 191 Å². The predicted octanol–water partition coefficient (Wildman–Crippen LogP) is 5.52. The topological polar surface area (TPSA) is 88.7 Å². The average Bonchev–Trinajstić information content (AvgIpc) is 3.54. The molecule has 10 heteroatoms. The molecule has 5 aromatic rings. The Morgan fingerprint density at radius 2 is 1.91 bits per heavy atom. The molecule has 0 atom stereocenters. The summed E-state index contributed by atoms with van der Waals surface area (Å²) in [5, 5.41) is 11.8. The first-order valence-electron chi connectivity index (χ1n) is 10.3. The highest BCUT2D eigenvalue weighted by atomic mass is 19.4. The van der Waals surface area contributed by atoms with Gasteiger partial charge in [0.1, 0.15) is 5.76 Å². The first kappa shape index (κ1) is 21.5. The van der Waals surface area contributed by atoms with Gasteiger partial charge in [-0.1, -0.05) is 11.2 Å². The zero-order valence-electron chi connectivity index (χ0n) is 17.8. The first-order valence-corrected chi connectivity index (χ1v) is 10.3. The Hall–Kier alpha value is -4.34. The van der Waals surface area contributed by atoms with E-state index in [0.29, 0.717) is 22.8 Å². The number of nitrogens with one attached hydrogen (secondary N) is 2. The molecule has 5 rings (SSSR count). The van der Waals surface area contributed by atoms with Crippen molar-refractivity contribution in [2.75, 3.05) is 5.32 Å². The SMILES string of the molecule is Cc1cc(CC(=O)Nc2c[nH]c3ccc(-c4cnn(-c5ccc(C(F)(F)F)cc5)c4)cc23)on1. The summed E-state index contributed by atoms with van der Waals surface area (Å²) in [6.45, 7) is 1.78. The fourth-order valence-electron chi connectivity index (χ4n) is 3.67. The summed E-state index contributed by atoms with van der Waals surface area (Å²) in [7, 11) is 0. The Morgan fingerprint density at radius 3 is 2.62 bits per heavy atom. The fraction of sp³-hybridized carbons (Fsp3) is 0.125. The van der Waals surface area contributed by atoms with Gasteiger partial charge >= 0.3 is 6.18 Å². The third-order valence-electron chi connectivity index (χ3n) is 5.34. The minimum atomic E-state index is -4.39. The van der Waals surface area contributed by atoms with Crippen molar-refractivity contribution in [2.24, 2.45) is 0 Å². The third kappa shape index (κ3) is 4.29. The minimum absolute atomic E-state index is 0.0626. The summed E-state index contributed by atoms with van der Waals surface area (Å²) >= 11 is 0. The molecule has 3 aromatic heterocycles. The molecule has 2 aromatic carbocycles. The van der Waals surface area contributed by atoms with Crippen LogP contribution >= 0.6 is 0 Å². The Balaban J connectivity index is 1.37. The maximum Gasteiger partial charge on any atom is 0.416 e. The maximum absolute atomic E-state index is 12.8. The minimum Gasteiger partial charge on any atom is -0.361 e. The lowest BCUT2D eigenvalue weighted by Gasteiger charge is -2.07. The molecule has 0 radical (unpaired) electrons. The van der Waals surface area contributed by atoms with Crippen molar-refractivity contribution in [3.8, 4) is 16.8 Å². The van der Waals surface area contributed by atoms with Crippen LogP contribution in [0.5, 0.6) is 0 Å². The second kappa shape index (κ2) is 8.22. The van der Waals surface area contributed by atoms with Crippen molar-refractivity contribution < 1.29 is 22.5 Å². The van der Waals surface area contributed by atoms with Crippen molar-refractivity contribution in [1.29, 1.82) is 0 Å². The molecule has 0 saturated heterocycles. The van der Waals surface area contributed by atoms with Gasteiger partial charge in [0.25, 0.3) is 0 Å². The molecular formula is C24H18F3N5O2. The van der Waals surface area contributed by atoms with Crippen LogP contribution in [0.1, 0.15) is 17.0 Å². The van der Waals surface area contributed by atoms with Crippen molar-refractivity contribution >= 4 is 22.5 Å². The lowest BCUT2D eigenvalue weighted by molar-refractivity contribution is -0.137. The molecule has 34 heavy (non-hydrogen) atoms. The van der Waals surface area contributed by atoms with E-state index >= 15 is 0 Å². The van der Waals surface area contributed by atoms with Crippen LogP contribution < -0.4 is 5.32 Å². The molecule has 3 heterocycles. The van der Waals surface area contributed by atoms with Crippen LogP contribution in [0.15, 0.2) is 71.6 Å². The van der Waals surface area contributed by atoms with Crippen LogP contribution in [-0.2, 0) is 17.4 Å². The van der Waals surface area contributed by atoms with Gasteiger partial charge in [0.2, 0.25) is 5.91 Å². The third-order valence-corrected chi connectivity index (χ3v) is 5.34. The normalized spacial score (nSPS) is 11.8. The molecule has 0 fully saturated rings. The predicted molar refractivity (Wildman–Crippen MR) is 119 cm³/mol. The summed E-state index contributed by atoms with van der Waals surface area (Å²) in [4.78, 5) is 15.6. The molecule has 2 N–H and O–H groups in total. The molecular weight excluding hydrogens is 447 g/mol. The molecule has 172 valence electrons. The van der Waals surface area contributed by atoms with Crippen molar-refractivity contribution in [3.05, 3.63) is 84.1 Å². The number of carbonyl (C=O) groups excluding carboxylic acids is 1. The highest BCUT2D eigenvalue weighted by Crippen LogP contribution is 2.31. The number of carbonyl (C=O) groups is 1. The van der Waals surface area contributed by atoms with E-state index in [9.17, 15) is 18.0 Å². The molecule has 0 unspecified atom stereocenters. The quantitative estimate of drug-likeness (QED) is 0.358. The van der Waals surface area contributed by atoms with E-state index in [2.05, 4.69) is 20.6 Å². The molecule has 0 saturated carbocycles. The Bertz CT molecular complexity index is 1480. The number of aromatic nitrogens is 4. The summed E-state index contributed by atoms with van der Waals surface area (Å²) in [5.74, 6) is 0.240. The van der Waals surface area contributed by atoms with Crippen LogP contribution in [0.25, 0.3) is 27.7 Å². The van der Waals surface area contributed by atoms with Gasteiger partial charge in [-0.25, -0.2) is 4.68 Å². The number of alkyl halides is 3. The summed E-state index contributed by atoms with van der Waals surface area (Å²) in [5.41, 5.74) is 3.57. The smallest absolute Gasteiger partial charge is 0.361 e. The second-order valence-corrected chi connectivity index (χ2v) is 7.84. The number of nitrogens with zero attached hydrogens (tertiary/aromatic N) is 3. The van der Waals surface area contributed by atoms with Crippen LogP contribution in [0.3, 0.4) is 0 Å². The number of aryl methyl sites for hydroxylation is 1. The Morgan fingerprint density at radius 1 is 1.12 bits per heavy atom. The largest absolute Gasteiger partial charge is 0.416 e. The molecule has 7 nitrogen and oxygen atoms in total. The summed E-state index contributed by atoms with van der Waals surface area (Å²) in [6.07, 6.45) is 0.758. The van der Waals surface area contributed by atoms with Crippen LogP contribution in [0.2, 0.25) is 0 Å². The maximum atomic E-state index is 12.8. The number of rotatable bonds is 5. The highest BCUT2D eigenvalue weighted by molar-refractivity contribution is 6.03. The number of hydrogen-bond acceptors (Lipinski definition) is 4. The molecule has 1 amide bonds. The van der Waals surface area contributed by atoms with E-state index in [1.54, 1.807) is 31.6 Å². The van der Waals surface area contributed by atoms with Crippen molar-refractivity contribution in [1.82, 2.24) is 19.9 Å². The van der Waals surface area contributed by atoms with Gasteiger partial charge in [-0.2, -0.15) is 18.3 Å². The number of hydrogen-bond donors (Lipinski definition) is 2. The van der Waals surface area contributed by atoms with E-state index in [4.69, 9.17) is 4.52 Å². The van der Waals surface area contributed by atoms with Crippen molar-refractivity contribution in [2.45, 2.75) is 19.5 Å². The van der Waals surface area contributed by atoms with Gasteiger partial charge < -0.3 is 14.8 Å². The highest BCUT2D eigenvalue weighted by Gasteiger charge is 2.30. The average molecular weight is 465 g/mol. The van der Waals surface area contributed by atoms with E-state index in [1.165, 1.54) is 16.8 Å². The molecule has 0 bridgehead atoms. The molecule has 0 aliphatic rings. The van der Waals surface area contributed by atoms with Gasteiger partial charge in [-0.3, -0.25) is 4.79 Å². The number of anilines is 1. The monoisotopic (exact) mass is 465 g/mol. The van der Waals surface area contributed by atoms with E-state index < -0.39 is 11.7 Å². The fourth-order valence-corrected chi connectivity index (χ4v) is 3.67.